The maximum atomic E-state index is 10.3. The highest BCUT2D eigenvalue weighted by molar-refractivity contribution is 5.89. The molecule has 64 valence electrons. The van der Waals surface area contributed by atoms with Crippen LogP contribution in [0, 0.1) is 0 Å². The van der Waals surface area contributed by atoms with E-state index in [2.05, 4.69) is 0 Å². The molecule has 0 saturated heterocycles. The van der Waals surface area contributed by atoms with Crippen LogP contribution in [0.3, 0.4) is 0 Å². The lowest BCUT2D eigenvalue weighted by molar-refractivity contribution is 0.0696. The lowest BCUT2D eigenvalue weighted by atomic mass is 10.2. The van der Waals surface area contributed by atoms with E-state index in [1.807, 2.05) is 0 Å². The van der Waals surface area contributed by atoms with Gasteiger partial charge in [-0.05, 0) is 12.1 Å². The van der Waals surface area contributed by atoms with Crippen molar-refractivity contribution in [2.75, 3.05) is 0 Å². The van der Waals surface area contributed by atoms with Crippen LogP contribution in [0.1, 0.15) is 11.8 Å². The quantitative estimate of drug-likeness (QED) is 0.464. The van der Waals surface area contributed by atoms with Crippen molar-refractivity contribution in [1.29, 1.82) is 0 Å². The predicted molar refractivity (Wildman–Crippen MR) is 39.5 cm³/mol. The van der Waals surface area contributed by atoms with Gasteiger partial charge in [-0.3, -0.25) is 0 Å². The maximum absolute atomic E-state index is 10.3. The monoisotopic (exact) mass is 171 g/mol. The summed E-state index contributed by atoms with van der Waals surface area (Å²) in [6.07, 6.45) is 0. The van der Waals surface area contributed by atoms with Gasteiger partial charge in [0, 0.05) is 0 Å². The summed E-state index contributed by atoms with van der Waals surface area (Å²) in [6, 6.07) is 1.69. The summed E-state index contributed by atoms with van der Waals surface area (Å²) in [5.74, 6) is -3.33. The molecule has 0 aromatic heterocycles. The second kappa shape index (κ2) is 2.61. The van der Waals surface area contributed by atoms with Crippen molar-refractivity contribution in [3.63, 3.8) is 0 Å². The molecular weight excluding hydrogens is 164 g/mol. The minimum Gasteiger partial charge on any atom is -0.504 e. The van der Waals surface area contributed by atoms with Crippen LogP contribution in [0.4, 0.5) is 0 Å². The van der Waals surface area contributed by atoms with Gasteiger partial charge in [0.15, 0.2) is 17.2 Å². The van der Waals surface area contributed by atoms with Crippen LogP contribution in [-0.4, -0.2) is 26.4 Å². The van der Waals surface area contributed by atoms with Crippen LogP contribution in [0.5, 0.6) is 17.2 Å². The molecule has 0 heterocycles. The van der Waals surface area contributed by atoms with Gasteiger partial charge >= 0.3 is 7.40 Å². The predicted octanol–water partition coefficient (Wildman–Crippen LogP) is 0.614. The number of hydrogen-bond acceptors (Lipinski definition) is 4. The largest absolute Gasteiger partial charge is 1.00 e. The fourth-order valence-electron chi connectivity index (χ4n) is 0.728. The Morgan fingerprint density at radius 1 is 1.17 bits per heavy atom. The molecule has 5 nitrogen and oxygen atoms in total. The zero-order valence-corrected chi connectivity index (χ0v) is 5.85. The normalized spacial score (nSPS) is 9.67. The highest BCUT2D eigenvalue weighted by Crippen LogP contribution is 2.35. The highest BCUT2D eigenvalue weighted by Gasteiger charge is 2.11. The summed E-state index contributed by atoms with van der Waals surface area (Å²) in [7, 11) is 0. The number of aromatic carboxylic acids is 1. The number of phenols is 3. The third-order valence-corrected chi connectivity index (χ3v) is 1.32. The van der Waals surface area contributed by atoms with Crippen molar-refractivity contribution >= 4 is 5.97 Å². The van der Waals surface area contributed by atoms with Crippen molar-refractivity contribution in [2.45, 2.75) is 0 Å². The molecule has 0 amide bonds. The molecule has 0 spiro atoms. The Labute approximate surface area is 68.6 Å². The molecule has 0 radical (unpaired) electrons. The Balaban J connectivity index is 0.00000144. The van der Waals surface area contributed by atoms with E-state index in [1.165, 1.54) is 0 Å². The van der Waals surface area contributed by atoms with E-state index in [0.717, 1.165) is 12.1 Å². The van der Waals surface area contributed by atoms with E-state index in [4.69, 9.17) is 20.4 Å². The summed E-state index contributed by atoms with van der Waals surface area (Å²) < 4.78 is 0. The van der Waals surface area contributed by atoms with E-state index in [9.17, 15) is 4.79 Å². The van der Waals surface area contributed by atoms with Gasteiger partial charge in [-0.1, -0.05) is 0 Å². The van der Waals surface area contributed by atoms with Crippen LogP contribution in [0.25, 0.3) is 0 Å². The van der Waals surface area contributed by atoms with Gasteiger partial charge in [-0.25, -0.2) is 4.79 Å². The van der Waals surface area contributed by atoms with Crippen LogP contribution >= 0.6 is 0 Å². The molecule has 0 aliphatic carbocycles. The highest BCUT2D eigenvalue weighted by atomic mass is 16.4. The first-order valence-electron chi connectivity index (χ1n) is 3.00. The SMILES string of the molecule is O=C(O)c1cc(O)c(O)c(O)c1.[H+]. The Hall–Kier alpha value is -1.91. The molecule has 12 heavy (non-hydrogen) atoms. The fourth-order valence-corrected chi connectivity index (χ4v) is 0.728. The van der Waals surface area contributed by atoms with E-state index in [-0.39, 0.29) is 6.99 Å². The summed E-state index contributed by atoms with van der Waals surface area (Å²) in [5.41, 5.74) is -0.289. The van der Waals surface area contributed by atoms with Gasteiger partial charge in [0.25, 0.3) is 0 Å². The van der Waals surface area contributed by atoms with E-state index in [1.54, 1.807) is 0 Å². The molecule has 0 aliphatic heterocycles. The van der Waals surface area contributed by atoms with Gasteiger partial charge in [-0.2, -0.15) is 0 Å². The number of hydrogen-bond donors (Lipinski definition) is 4. The Kier molecular flexibility index (Phi) is 1.78. The Bertz CT molecular complexity index is 313. The van der Waals surface area contributed by atoms with Crippen molar-refractivity contribution in [3.05, 3.63) is 17.7 Å². The van der Waals surface area contributed by atoms with E-state index in [0.29, 0.717) is 0 Å². The molecule has 1 aromatic rings. The lowest BCUT2D eigenvalue weighted by Crippen LogP contribution is -1.95. The number of carbonyl (C=O) groups is 1. The van der Waals surface area contributed by atoms with Crippen molar-refractivity contribution in [3.8, 4) is 17.2 Å². The molecule has 5 heteroatoms. The first-order valence-corrected chi connectivity index (χ1v) is 3.00. The topological polar surface area (TPSA) is 98.0 Å². The van der Waals surface area contributed by atoms with Crippen molar-refractivity contribution in [2.24, 2.45) is 0 Å². The molecule has 0 aliphatic rings. The Morgan fingerprint density at radius 3 is 1.92 bits per heavy atom. The van der Waals surface area contributed by atoms with Gasteiger partial charge < -0.3 is 20.4 Å². The van der Waals surface area contributed by atoms with Crippen molar-refractivity contribution < 1.29 is 26.6 Å². The molecule has 1 aromatic carbocycles. The number of rotatable bonds is 1. The minimum atomic E-state index is -1.29. The molecule has 0 saturated carbocycles. The second-order valence-corrected chi connectivity index (χ2v) is 2.17. The van der Waals surface area contributed by atoms with Crippen LogP contribution in [0.15, 0.2) is 12.1 Å². The second-order valence-electron chi connectivity index (χ2n) is 2.17. The number of phenolic OH excluding ortho intramolecular Hbond substituents is 3. The maximum Gasteiger partial charge on any atom is 1.00 e. The van der Waals surface area contributed by atoms with Gasteiger partial charge in [-0.15, -0.1) is 0 Å². The average molecular weight is 171 g/mol. The summed E-state index contributed by atoms with van der Waals surface area (Å²) in [4.78, 5) is 10.3. The fraction of sp³-hybridized carbons (Fsp3) is 0. The summed E-state index contributed by atoms with van der Waals surface area (Å²) >= 11 is 0. The molecular formula is C7H7O5+. The number of benzene rings is 1. The first-order chi connectivity index (χ1) is 5.52. The molecule has 0 fully saturated rings. The zero-order valence-electron chi connectivity index (χ0n) is 6.85. The zero-order chi connectivity index (χ0) is 9.30. The van der Waals surface area contributed by atoms with Crippen LogP contribution in [-0.2, 0) is 0 Å². The van der Waals surface area contributed by atoms with Crippen LogP contribution in [0.2, 0.25) is 0 Å². The minimum absolute atomic E-state index is 0. The van der Waals surface area contributed by atoms with Crippen molar-refractivity contribution in [1.82, 2.24) is 0 Å². The van der Waals surface area contributed by atoms with E-state index >= 15 is 0 Å². The smallest absolute Gasteiger partial charge is 0.504 e. The molecule has 0 bridgehead atoms. The molecule has 0 atom stereocenters. The van der Waals surface area contributed by atoms with Gasteiger partial charge in [0.05, 0.1) is 5.56 Å². The van der Waals surface area contributed by atoms with Gasteiger partial charge in [0.1, 0.15) is 0 Å². The van der Waals surface area contributed by atoms with Gasteiger partial charge in [0.2, 0.25) is 0 Å². The average Bonchev–Trinajstić information content (AvgIpc) is 1.99. The third kappa shape index (κ3) is 1.24. The number of carboxylic acid groups (broad SMARTS) is 1. The molecule has 0 unspecified atom stereocenters. The summed E-state index contributed by atoms with van der Waals surface area (Å²) in [5, 5.41) is 35.0. The first kappa shape index (κ1) is 8.19. The van der Waals surface area contributed by atoms with Crippen LogP contribution < -0.4 is 0 Å². The molecule has 1 rings (SSSR count). The number of aromatic hydroxyl groups is 3. The standard InChI is InChI=1S/C7H6O5/c8-4-1-3(7(11)12)2-5(9)6(4)10/h1-2,8-10H,(H,11,12)/p+1. The Morgan fingerprint density at radius 2 is 1.58 bits per heavy atom. The summed E-state index contributed by atoms with van der Waals surface area (Å²) in [6.45, 7) is 0. The number of carboxylic acids is 1. The lowest BCUT2D eigenvalue weighted by Gasteiger charge is -2.01. The van der Waals surface area contributed by atoms with E-state index < -0.39 is 23.2 Å². The molecule has 4 N–H and O–H groups in total. The third-order valence-electron chi connectivity index (χ3n) is 1.32.